The largest absolute Gasteiger partial charge is 0.478 e. The Morgan fingerprint density at radius 2 is 1.95 bits per heavy atom. The van der Waals surface area contributed by atoms with Crippen molar-refractivity contribution in [1.82, 2.24) is 4.31 Å². The Morgan fingerprint density at radius 3 is 2.42 bits per heavy atom. The average molecular weight is 290 g/mol. The summed E-state index contributed by atoms with van der Waals surface area (Å²) < 4.78 is 40.4. The molecule has 2 N–H and O–H groups in total. The zero-order valence-electron chi connectivity index (χ0n) is 10.6. The number of carboxylic acids is 1. The van der Waals surface area contributed by atoms with Gasteiger partial charge in [-0.05, 0) is 18.2 Å². The normalized spacial score (nSPS) is 11.6. The van der Waals surface area contributed by atoms with Crippen LogP contribution in [0.5, 0.6) is 0 Å². The standard InChI is InChI=1S/C11H15FN2O4S/c1-3-14(4-2)19(17,18)13-8-5-6-10(12)9(7-8)11(15)16/h5-7,13H,3-4H2,1-2H3,(H,15,16). The van der Waals surface area contributed by atoms with Crippen LogP contribution < -0.4 is 4.72 Å². The summed E-state index contributed by atoms with van der Waals surface area (Å²) in [6.45, 7) is 3.91. The van der Waals surface area contributed by atoms with Crippen LogP contribution in [0.2, 0.25) is 0 Å². The molecule has 0 radical (unpaired) electrons. The van der Waals surface area contributed by atoms with Gasteiger partial charge in [-0.1, -0.05) is 13.8 Å². The smallest absolute Gasteiger partial charge is 0.338 e. The highest BCUT2D eigenvalue weighted by molar-refractivity contribution is 7.90. The van der Waals surface area contributed by atoms with Crippen LogP contribution in [0.4, 0.5) is 10.1 Å². The van der Waals surface area contributed by atoms with Gasteiger partial charge in [0.1, 0.15) is 5.82 Å². The molecule has 0 bridgehead atoms. The van der Waals surface area contributed by atoms with E-state index in [1.54, 1.807) is 13.8 Å². The number of carbonyl (C=O) groups is 1. The van der Waals surface area contributed by atoms with Gasteiger partial charge in [-0.25, -0.2) is 9.18 Å². The number of benzene rings is 1. The van der Waals surface area contributed by atoms with Crippen LogP contribution in [-0.2, 0) is 10.2 Å². The van der Waals surface area contributed by atoms with Crippen LogP contribution in [-0.4, -0.2) is 36.9 Å². The van der Waals surface area contributed by atoms with Crippen molar-refractivity contribution in [2.75, 3.05) is 17.8 Å². The minimum atomic E-state index is -3.76. The molecule has 106 valence electrons. The van der Waals surface area contributed by atoms with Gasteiger partial charge in [-0.2, -0.15) is 12.7 Å². The van der Waals surface area contributed by atoms with Crippen molar-refractivity contribution in [3.05, 3.63) is 29.6 Å². The van der Waals surface area contributed by atoms with Gasteiger partial charge in [0.2, 0.25) is 0 Å². The van der Waals surface area contributed by atoms with Gasteiger partial charge in [0.05, 0.1) is 11.3 Å². The SMILES string of the molecule is CCN(CC)S(=O)(=O)Nc1ccc(F)c(C(=O)O)c1. The highest BCUT2D eigenvalue weighted by Crippen LogP contribution is 2.17. The molecule has 0 unspecified atom stereocenters. The summed E-state index contributed by atoms with van der Waals surface area (Å²) >= 11 is 0. The molecule has 0 aliphatic heterocycles. The zero-order chi connectivity index (χ0) is 14.6. The quantitative estimate of drug-likeness (QED) is 0.831. The number of hydrogen-bond donors (Lipinski definition) is 2. The molecule has 0 amide bonds. The molecule has 0 spiro atoms. The van der Waals surface area contributed by atoms with Gasteiger partial charge in [-0.3, -0.25) is 4.72 Å². The first kappa shape index (κ1) is 15.4. The maximum absolute atomic E-state index is 13.2. The molecule has 1 rings (SSSR count). The minimum absolute atomic E-state index is 0.00528. The first-order chi connectivity index (χ1) is 8.81. The van der Waals surface area contributed by atoms with Crippen LogP contribution in [0, 0.1) is 5.82 Å². The lowest BCUT2D eigenvalue weighted by Crippen LogP contribution is -2.35. The Balaban J connectivity index is 3.07. The molecular formula is C11H15FN2O4S. The highest BCUT2D eigenvalue weighted by atomic mass is 32.2. The van der Waals surface area contributed by atoms with E-state index >= 15 is 0 Å². The lowest BCUT2D eigenvalue weighted by molar-refractivity contribution is 0.0692. The average Bonchev–Trinajstić information content (AvgIpc) is 2.32. The molecule has 19 heavy (non-hydrogen) atoms. The van der Waals surface area contributed by atoms with Crippen LogP contribution >= 0.6 is 0 Å². The summed E-state index contributed by atoms with van der Waals surface area (Å²) in [5.74, 6) is -2.38. The summed E-state index contributed by atoms with van der Waals surface area (Å²) in [5.41, 5.74) is -0.578. The van der Waals surface area contributed by atoms with E-state index in [1.807, 2.05) is 0 Å². The van der Waals surface area contributed by atoms with Gasteiger partial charge in [0, 0.05) is 13.1 Å². The van der Waals surface area contributed by atoms with E-state index in [1.165, 1.54) is 6.07 Å². The summed E-state index contributed by atoms with van der Waals surface area (Å²) in [4.78, 5) is 10.8. The van der Waals surface area contributed by atoms with Crippen molar-refractivity contribution in [3.8, 4) is 0 Å². The summed E-state index contributed by atoms with van der Waals surface area (Å²) in [5, 5.41) is 8.76. The lowest BCUT2D eigenvalue weighted by Gasteiger charge is -2.19. The zero-order valence-corrected chi connectivity index (χ0v) is 11.4. The molecule has 1 aromatic rings. The lowest BCUT2D eigenvalue weighted by atomic mass is 10.2. The predicted octanol–water partition coefficient (Wildman–Crippen LogP) is 1.52. The molecule has 0 saturated carbocycles. The second kappa shape index (κ2) is 5.98. The molecular weight excluding hydrogens is 275 g/mol. The molecule has 6 nitrogen and oxygen atoms in total. The number of anilines is 1. The Labute approximate surface area is 111 Å². The van der Waals surface area contributed by atoms with Gasteiger partial charge >= 0.3 is 16.2 Å². The fourth-order valence-corrected chi connectivity index (χ4v) is 2.76. The van der Waals surface area contributed by atoms with Gasteiger partial charge in [-0.15, -0.1) is 0 Å². The Morgan fingerprint density at radius 1 is 1.37 bits per heavy atom. The summed E-state index contributed by atoms with van der Waals surface area (Å²) in [6, 6.07) is 3.02. The summed E-state index contributed by atoms with van der Waals surface area (Å²) in [7, 11) is -3.76. The van der Waals surface area contributed by atoms with Gasteiger partial charge in [0.15, 0.2) is 0 Å². The van der Waals surface area contributed by atoms with E-state index in [-0.39, 0.29) is 18.8 Å². The van der Waals surface area contributed by atoms with Crippen LogP contribution in [0.15, 0.2) is 18.2 Å². The van der Waals surface area contributed by atoms with E-state index in [0.29, 0.717) is 0 Å². The number of rotatable bonds is 6. The highest BCUT2D eigenvalue weighted by Gasteiger charge is 2.19. The fourth-order valence-electron chi connectivity index (χ4n) is 1.53. The van der Waals surface area contributed by atoms with E-state index < -0.39 is 27.6 Å². The van der Waals surface area contributed by atoms with Crippen molar-refractivity contribution in [1.29, 1.82) is 0 Å². The molecule has 0 atom stereocenters. The number of nitrogens with zero attached hydrogens (tertiary/aromatic N) is 1. The third-order valence-electron chi connectivity index (χ3n) is 2.49. The van der Waals surface area contributed by atoms with E-state index in [9.17, 15) is 17.6 Å². The molecule has 0 aliphatic carbocycles. The number of carboxylic acid groups (broad SMARTS) is 1. The van der Waals surface area contributed by atoms with Crippen molar-refractivity contribution in [2.24, 2.45) is 0 Å². The van der Waals surface area contributed by atoms with Crippen molar-refractivity contribution in [3.63, 3.8) is 0 Å². The third kappa shape index (κ3) is 3.65. The van der Waals surface area contributed by atoms with Gasteiger partial charge < -0.3 is 5.11 Å². The second-order valence-corrected chi connectivity index (χ2v) is 5.36. The van der Waals surface area contributed by atoms with Crippen LogP contribution in [0.1, 0.15) is 24.2 Å². The molecule has 0 heterocycles. The first-order valence-corrected chi connectivity index (χ1v) is 7.06. The van der Waals surface area contributed by atoms with Crippen molar-refractivity contribution in [2.45, 2.75) is 13.8 Å². The number of nitrogens with one attached hydrogen (secondary N) is 1. The topological polar surface area (TPSA) is 86.7 Å². The van der Waals surface area contributed by atoms with Crippen LogP contribution in [0.3, 0.4) is 0 Å². The fraction of sp³-hybridized carbons (Fsp3) is 0.364. The van der Waals surface area contributed by atoms with Crippen molar-refractivity contribution >= 4 is 21.9 Å². The van der Waals surface area contributed by atoms with Gasteiger partial charge in [0.25, 0.3) is 0 Å². The molecule has 0 aromatic heterocycles. The minimum Gasteiger partial charge on any atom is -0.478 e. The third-order valence-corrected chi connectivity index (χ3v) is 4.18. The predicted molar refractivity (Wildman–Crippen MR) is 68.8 cm³/mol. The van der Waals surface area contributed by atoms with Crippen LogP contribution in [0.25, 0.3) is 0 Å². The first-order valence-electron chi connectivity index (χ1n) is 5.62. The number of hydrogen-bond acceptors (Lipinski definition) is 3. The molecule has 0 aliphatic rings. The number of halogens is 1. The Bertz CT molecular complexity index is 570. The Kier molecular flexibility index (Phi) is 4.84. The monoisotopic (exact) mass is 290 g/mol. The maximum Gasteiger partial charge on any atom is 0.338 e. The number of aromatic carboxylic acids is 1. The second-order valence-electron chi connectivity index (χ2n) is 3.69. The molecule has 0 saturated heterocycles. The molecule has 8 heteroatoms. The Hall–Kier alpha value is -1.67. The van der Waals surface area contributed by atoms with E-state index in [0.717, 1.165) is 16.4 Å². The van der Waals surface area contributed by atoms with E-state index in [4.69, 9.17) is 5.11 Å². The van der Waals surface area contributed by atoms with Crippen molar-refractivity contribution < 1.29 is 22.7 Å². The summed E-state index contributed by atoms with van der Waals surface area (Å²) in [6.07, 6.45) is 0. The van der Waals surface area contributed by atoms with E-state index in [2.05, 4.69) is 4.72 Å². The molecule has 0 fully saturated rings. The molecule has 1 aromatic carbocycles. The maximum atomic E-state index is 13.2.